The number of rotatable bonds is 6. The van der Waals surface area contributed by atoms with Crippen molar-refractivity contribution in [2.24, 2.45) is 5.41 Å². The van der Waals surface area contributed by atoms with Crippen LogP contribution in [0, 0.1) is 12.3 Å². The molecule has 0 saturated heterocycles. The summed E-state index contributed by atoms with van der Waals surface area (Å²) in [6, 6.07) is 9.62. The third-order valence-electron chi connectivity index (χ3n) is 3.91. The Hall–Kier alpha value is -2.56. The summed E-state index contributed by atoms with van der Waals surface area (Å²) in [6.07, 6.45) is 1.87. The molecule has 1 aromatic carbocycles. The predicted octanol–water partition coefficient (Wildman–Crippen LogP) is 4.12. The Bertz CT molecular complexity index is 741. The molecule has 0 spiro atoms. The Morgan fingerprint density at radius 1 is 1.20 bits per heavy atom. The standard InChI is InChI=1S/C20H25NO4/c1-13-12-25-16(10-17(22)23)18(13)19(24)21-15(11-20(2,3)4)14-8-6-5-7-9-14/h5-9,12,15H,10-11H2,1-4H3,(H,21,24)(H,22,23). The van der Waals surface area contributed by atoms with Crippen molar-refractivity contribution in [2.45, 2.75) is 46.6 Å². The third-order valence-corrected chi connectivity index (χ3v) is 3.91. The van der Waals surface area contributed by atoms with Gasteiger partial charge in [0.15, 0.2) is 0 Å². The van der Waals surface area contributed by atoms with E-state index in [2.05, 4.69) is 26.1 Å². The van der Waals surface area contributed by atoms with Gasteiger partial charge in [-0.1, -0.05) is 51.1 Å². The number of carboxylic acid groups (broad SMARTS) is 1. The molecule has 0 radical (unpaired) electrons. The van der Waals surface area contributed by atoms with Crippen LogP contribution in [0.5, 0.6) is 0 Å². The molecular formula is C20H25NO4. The molecule has 134 valence electrons. The van der Waals surface area contributed by atoms with Crippen molar-refractivity contribution in [1.82, 2.24) is 5.32 Å². The number of benzene rings is 1. The SMILES string of the molecule is Cc1coc(CC(=O)O)c1C(=O)NC(CC(C)(C)C)c1ccccc1. The van der Waals surface area contributed by atoms with Crippen LogP contribution in [0.15, 0.2) is 41.0 Å². The van der Waals surface area contributed by atoms with Crippen LogP contribution in [-0.2, 0) is 11.2 Å². The van der Waals surface area contributed by atoms with E-state index < -0.39 is 5.97 Å². The van der Waals surface area contributed by atoms with Gasteiger partial charge in [-0.2, -0.15) is 0 Å². The lowest BCUT2D eigenvalue weighted by Crippen LogP contribution is -2.32. The molecule has 2 N–H and O–H groups in total. The van der Waals surface area contributed by atoms with Gasteiger partial charge in [0.2, 0.25) is 0 Å². The molecule has 0 aliphatic carbocycles. The van der Waals surface area contributed by atoms with Gasteiger partial charge in [-0.25, -0.2) is 0 Å². The van der Waals surface area contributed by atoms with Crippen LogP contribution in [0.2, 0.25) is 0 Å². The van der Waals surface area contributed by atoms with Crippen molar-refractivity contribution in [3.05, 3.63) is 59.0 Å². The highest BCUT2D eigenvalue weighted by molar-refractivity contribution is 5.97. The first-order valence-electron chi connectivity index (χ1n) is 8.32. The van der Waals surface area contributed by atoms with Crippen LogP contribution >= 0.6 is 0 Å². The molecule has 1 aromatic heterocycles. The van der Waals surface area contributed by atoms with E-state index in [0.717, 1.165) is 12.0 Å². The molecule has 0 saturated carbocycles. The fourth-order valence-corrected chi connectivity index (χ4v) is 2.85. The summed E-state index contributed by atoms with van der Waals surface area (Å²) in [5, 5.41) is 12.1. The molecule has 1 amide bonds. The fraction of sp³-hybridized carbons (Fsp3) is 0.400. The maximum atomic E-state index is 12.8. The Kier molecular flexibility index (Phi) is 5.67. The minimum Gasteiger partial charge on any atom is -0.481 e. The zero-order chi connectivity index (χ0) is 18.6. The van der Waals surface area contributed by atoms with Crippen molar-refractivity contribution in [3.63, 3.8) is 0 Å². The van der Waals surface area contributed by atoms with Crippen LogP contribution in [0.4, 0.5) is 0 Å². The largest absolute Gasteiger partial charge is 0.481 e. The number of amides is 1. The number of carbonyl (C=O) groups is 2. The molecule has 0 bridgehead atoms. The molecule has 2 aromatic rings. The Morgan fingerprint density at radius 3 is 2.40 bits per heavy atom. The van der Waals surface area contributed by atoms with Gasteiger partial charge in [-0.05, 0) is 24.3 Å². The maximum Gasteiger partial charge on any atom is 0.311 e. The molecule has 2 rings (SSSR count). The zero-order valence-electron chi connectivity index (χ0n) is 15.1. The van der Waals surface area contributed by atoms with E-state index in [1.54, 1.807) is 6.92 Å². The predicted molar refractivity (Wildman–Crippen MR) is 95.5 cm³/mol. The van der Waals surface area contributed by atoms with Crippen LogP contribution in [0.1, 0.15) is 60.5 Å². The summed E-state index contributed by atoms with van der Waals surface area (Å²) in [4.78, 5) is 23.8. The zero-order valence-corrected chi connectivity index (χ0v) is 15.1. The molecule has 5 nitrogen and oxygen atoms in total. The quantitative estimate of drug-likeness (QED) is 0.827. The first-order valence-corrected chi connectivity index (χ1v) is 8.32. The lowest BCUT2D eigenvalue weighted by atomic mass is 9.85. The molecule has 0 fully saturated rings. The van der Waals surface area contributed by atoms with E-state index in [-0.39, 0.29) is 29.5 Å². The van der Waals surface area contributed by atoms with Crippen LogP contribution in [0.3, 0.4) is 0 Å². The van der Waals surface area contributed by atoms with Gasteiger partial charge < -0.3 is 14.8 Å². The maximum absolute atomic E-state index is 12.8. The molecule has 0 aliphatic heterocycles. The van der Waals surface area contributed by atoms with E-state index in [1.165, 1.54) is 6.26 Å². The number of carboxylic acids is 1. The van der Waals surface area contributed by atoms with Crippen molar-refractivity contribution in [1.29, 1.82) is 0 Å². The third kappa shape index (κ3) is 5.21. The first kappa shape index (κ1) is 18.8. The number of hydrogen-bond acceptors (Lipinski definition) is 3. The minimum atomic E-state index is -1.03. The normalized spacial score (nSPS) is 12.6. The molecule has 1 atom stereocenters. The van der Waals surface area contributed by atoms with Crippen molar-refractivity contribution in [2.75, 3.05) is 0 Å². The van der Waals surface area contributed by atoms with E-state index >= 15 is 0 Å². The molecule has 1 heterocycles. The van der Waals surface area contributed by atoms with Gasteiger partial charge in [-0.3, -0.25) is 9.59 Å². The highest BCUT2D eigenvalue weighted by Crippen LogP contribution is 2.30. The fourth-order valence-electron chi connectivity index (χ4n) is 2.85. The number of carbonyl (C=O) groups excluding carboxylic acids is 1. The van der Waals surface area contributed by atoms with Gasteiger partial charge in [0, 0.05) is 5.56 Å². The summed E-state index contributed by atoms with van der Waals surface area (Å²) < 4.78 is 5.27. The molecule has 5 heteroatoms. The van der Waals surface area contributed by atoms with E-state index in [9.17, 15) is 9.59 Å². The van der Waals surface area contributed by atoms with Crippen LogP contribution in [-0.4, -0.2) is 17.0 Å². The number of hydrogen-bond donors (Lipinski definition) is 2. The summed E-state index contributed by atoms with van der Waals surface area (Å²) >= 11 is 0. The summed E-state index contributed by atoms with van der Waals surface area (Å²) in [5.74, 6) is -1.15. The van der Waals surface area contributed by atoms with Crippen molar-refractivity contribution in [3.8, 4) is 0 Å². The Labute approximate surface area is 148 Å². The summed E-state index contributed by atoms with van der Waals surface area (Å²) in [7, 11) is 0. The van der Waals surface area contributed by atoms with Gasteiger partial charge in [0.1, 0.15) is 12.2 Å². The average Bonchev–Trinajstić information content (AvgIpc) is 2.86. The topological polar surface area (TPSA) is 79.5 Å². The number of nitrogens with one attached hydrogen (secondary N) is 1. The summed E-state index contributed by atoms with van der Waals surface area (Å²) in [5.41, 5.74) is 1.99. The van der Waals surface area contributed by atoms with E-state index in [0.29, 0.717) is 11.1 Å². The van der Waals surface area contributed by atoms with E-state index in [1.807, 2.05) is 30.3 Å². The lowest BCUT2D eigenvalue weighted by Gasteiger charge is -2.27. The highest BCUT2D eigenvalue weighted by atomic mass is 16.4. The molecular weight excluding hydrogens is 318 g/mol. The highest BCUT2D eigenvalue weighted by Gasteiger charge is 2.26. The smallest absolute Gasteiger partial charge is 0.311 e. The minimum absolute atomic E-state index is 0.0170. The second-order valence-electron chi connectivity index (χ2n) is 7.49. The van der Waals surface area contributed by atoms with Crippen molar-refractivity contribution >= 4 is 11.9 Å². The van der Waals surface area contributed by atoms with Gasteiger partial charge >= 0.3 is 5.97 Å². The van der Waals surface area contributed by atoms with Crippen LogP contribution in [0.25, 0.3) is 0 Å². The molecule has 0 aliphatic rings. The second kappa shape index (κ2) is 7.55. The Balaban J connectivity index is 2.28. The monoisotopic (exact) mass is 343 g/mol. The van der Waals surface area contributed by atoms with E-state index in [4.69, 9.17) is 9.52 Å². The number of aliphatic carboxylic acids is 1. The Morgan fingerprint density at radius 2 is 1.84 bits per heavy atom. The van der Waals surface area contributed by atoms with Gasteiger partial charge in [0.25, 0.3) is 5.91 Å². The van der Waals surface area contributed by atoms with Crippen LogP contribution < -0.4 is 5.32 Å². The molecule has 25 heavy (non-hydrogen) atoms. The number of aryl methyl sites for hydroxylation is 1. The van der Waals surface area contributed by atoms with Gasteiger partial charge in [0.05, 0.1) is 17.9 Å². The van der Waals surface area contributed by atoms with Crippen molar-refractivity contribution < 1.29 is 19.1 Å². The summed E-state index contributed by atoms with van der Waals surface area (Å²) in [6.45, 7) is 8.10. The average molecular weight is 343 g/mol. The van der Waals surface area contributed by atoms with Gasteiger partial charge in [-0.15, -0.1) is 0 Å². The first-order chi connectivity index (χ1) is 11.7. The second-order valence-corrected chi connectivity index (χ2v) is 7.49. The lowest BCUT2D eigenvalue weighted by molar-refractivity contribution is -0.136. The number of furan rings is 1. The molecule has 1 unspecified atom stereocenters.